The molecule has 0 unspecified atom stereocenters. The molecule has 1 aromatic carbocycles. The van der Waals surface area contributed by atoms with E-state index in [1.54, 1.807) is 0 Å². The van der Waals surface area contributed by atoms with Crippen LogP contribution < -0.4 is 5.32 Å². The van der Waals surface area contributed by atoms with Gasteiger partial charge in [0, 0.05) is 35.1 Å². The molecule has 1 atom stereocenters. The van der Waals surface area contributed by atoms with Crippen molar-refractivity contribution in [2.24, 2.45) is 5.92 Å². The summed E-state index contributed by atoms with van der Waals surface area (Å²) in [6, 6.07) is 9.19. The van der Waals surface area contributed by atoms with Crippen molar-refractivity contribution in [1.82, 2.24) is 10.1 Å². The van der Waals surface area contributed by atoms with Gasteiger partial charge in [-0.25, -0.2) is 0 Å². The van der Waals surface area contributed by atoms with E-state index >= 15 is 0 Å². The van der Waals surface area contributed by atoms with Crippen molar-refractivity contribution in [1.29, 1.82) is 0 Å². The van der Waals surface area contributed by atoms with Gasteiger partial charge in [0.05, 0.1) is 0 Å². The molecule has 0 saturated carbocycles. The minimum Gasteiger partial charge on any atom is -0.338 e. The number of carbonyl (C=O) groups is 1. The van der Waals surface area contributed by atoms with E-state index in [4.69, 9.17) is 4.52 Å². The molecule has 0 spiro atoms. The summed E-state index contributed by atoms with van der Waals surface area (Å²) in [6.45, 7) is 4.14. The van der Waals surface area contributed by atoms with E-state index < -0.39 is 10.8 Å². The van der Waals surface area contributed by atoms with Crippen molar-refractivity contribution in [3.05, 3.63) is 42.0 Å². The Balaban J connectivity index is 1.74. The number of rotatable bonds is 8. The first-order valence-corrected chi connectivity index (χ1v) is 9.03. The Morgan fingerprint density at radius 3 is 2.74 bits per heavy atom. The van der Waals surface area contributed by atoms with Gasteiger partial charge in [0.1, 0.15) is 5.75 Å². The molecule has 0 aliphatic rings. The van der Waals surface area contributed by atoms with E-state index in [1.165, 1.54) is 0 Å². The maximum absolute atomic E-state index is 12.0. The van der Waals surface area contributed by atoms with Crippen LogP contribution in [0.3, 0.4) is 0 Å². The second-order valence-corrected chi connectivity index (χ2v) is 7.23. The molecule has 7 heteroatoms. The molecule has 0 saturated heterocycles. The zero-order valence-corrected chi connectivity index (χ0v) is 14.1. The highest BCUT2D eigenvalue weighted by Crippen LogP contribution is 2.08. The van der Waals surface area contributed by atoms with Crippen LogP contribution in [0.2, 0.25) is 0 Å². The van der Waals surface area contributed by atoms with Crippen LogP contribution in [0.25, 0.3) is 0 Å². The van der Waals surface area contributed by atoms with Gasteiger partial charge in [-0.05, 0) is 18.1 Å². The topological polar surface area (TPSA) is 85.1 Å². The molecule has 0 fully saturated rings. The Morgan fingerprint density at radius 2 is 2.04 bits per heavy atom. The Kier molecular flexibility index (Phi) is 6.46. The second-order valence-electron chi connectivity index (χ2n) is 5.65. The molecule has 0 radical (unpaired) electrons. The standard InChI is InChI=1S/C16H21N3O3S/c1-12(2)10-14-18-16(22-19-14)11-23(21)9-8-15(20)17-13-6-4-3-5-7-13/h3-7,12H,8-11H2,1-2H3,(H,17,20)/t23-/m1/s1. The summed E-state index contributed by atoms with van der Waals surface area (Å²) in [5.41, 5.74) is 0.735. The molecular formula is C16H21N3O3S. The van der Waals surface area contributed by atoms with E-state index in [2.05, 4.69) is 29.3 Å². The number of para-hydroxylation sites is 1. The van der Waals surface area contributed by atoms with Crippen molar-refractivity contribution in [2.75, 3.05) is 11.1 Å². The smallest absolute Gasteiger partial charge is 0.239 e. The predicted octanol–water partition coefficient (Wildman–Crippen LogP) is 2.55. The van der Waals surface area contributed by atoms with Crippen molar-refractivity contribution < 1.29 is 13.5 Å². The van der Waals surface area contributed by atoms with E-state index in [1.807, 2.05) is 30.3 Å². The van der Waals surface area contributed by atoms with Crippen LogP contribution in [0.1, 0.15) is 32.0 Å². The van der Waals surface area contributed by atoms with E-state index in [-0.39, 0.29) is 23.8 Å². The molecule has 0 aliphatic carbocycles. The molecule has 0 bridgehead atoms. The summed E-state index contributed by atoms with van der Waals surface area (Å²) >= 11 is 0. The van der Waals surface area contributed by atoms with Gasteiger partial charge >= 0.3 is 0 Å². The molecule has 6 nitrogen and oxygen atoms in total. The summed E-state index contributed by atoms with van der Waals surface area (Å²) < 4.78 is 17.1. The van der Waals surface area contributed by atoms with Crippen LogP contribution in [0.5, 0.6) is 0 Å². The minimum atomic E-state index is -1.21. The lowest BCUT2D eigenvalue weighted by atomic mass is 10.1. The summed E-state index contributed by atoms with van der Waals surface area (Å²) in [7, 11) is -1.21. The normalized spacial score (nSPS) is 12.3. The first kappa shape index (κ1) is 17.3. The van der Waals surface area contributed by atoms with Crippen molar-refractivity contribution in [2.45, 2.75) is 32.4 Å². The van der Waals surface area contributed by atoms with E-state index in [0.717, 1.165) is 12.1 Å². The molecule has 2 rings (SSSR count). The van der Waals surface area contributed by atoms with Gasteiger partial charge in [-0.15, -0.1) is 0 Å². The number of nitrogens with one attached hydrogen (secondary N) is 1. The minimum absolute atomic E-state index is 0.157. The van der Waals surface area contributed by atoms with Gasteiger partial charge in [0.25, 0.3) is 0 Å². The Morgan fingerprint density at radius 1 is 1.30 bits per heavy atom. The lowest BCUT2D eigenvalue weighted by molar-refractivity contribution is -0.115. The van der Waals surface area contributed by atoms with Crippen LogP contribution in [0.4, 0.5) is 5.69 Å². The third-order valence-electron chi connectivity index (χ3n) is 3.00. The summed E-state index contributed by atoms with van der Waals surface area (Å²) in [5.74, 6) is 1.73. The average molecular weight is 335 g/mol. The third kappa shape index (κ3) is 6.32. The molecule has 124 valence electrons. The van der Waals surface area contributed by atoms with Gasteiger partial charge in [-0.3, -0.25) is 9.00 Å². The molecule has 23 heavy (non-hydrogen) atoms. The summed E-state index contributed by atoms with van der Waals surface area (Å²) in [4.78, 5) is 16.0. The largest absolute Gasteiger partial charge is 0.338 e. The molecule has 2 aromatic rings. The number of benzene rings is 1. The Labute approximate surface area is 138 Å². The maximum Gasteiger partial charge on any atom is 0.239 e. The first-order valence-electron chi connectivity index (χ1n) is 7.54. The Bertz CT molecular complexity index is 656. The highest BCUT2D eigenvalue weighted by molar-refractivity contribution is 7.84. The summed E-state index contributed by atoms with van der Waals surface area (Å²) in [5, 5.41) is 6.62. The molecule has 1 aromatic heterocycles. The highest BCUT2D eigenvalue weighted by Gasteiger charge is 2.12. The first-order chi connectivity index (χ1) is 11.0. The summed E-state index contributed by atoms with van der Waals surface area (Å²) in [6.07, 6.45) is 0.921. The quantitative estimate of drug-likeness (QED) is 0.801. The van der Waals surface area contributed by atoms with Gasteiger partial charge in [0.2, 0.25) is 11.8 Å². The highest BCUT2D eigenvalue weighted by atomic mass is 32.2. The van der Waals surface area contributed by atoms with Gasteiger partial charge in [-0.2, -0.15) is 4.98 Å². The van der Waals surface area contributed by atoms with Crippen LogP contribution in [0.15, 0.2) is 34.9 Å². The monoisotopic (exact) mass is 335 g/mol. The third-order valence-corrected chi connectivity index (χ3v) is 4.23. The lowest BCUT2D eigenvalue weighted by Crippen LogP contribution is -2.15. The fourth-order valence-corrected chi connectivity index (χ4v) is 2.91. The number of nitrogens with zero attached hydrogens (tertiary/aromatic N) is 2. The number of aromatic nitrogens is 2. The number of carbonyl (C=O) groups excluding carboxylic acids is 1. The number of hydrogen-bond acceptors (Lipinski definition) is 5. The molecule has 1 N–H and O–H groups in total. The molecule has 1 amide bonds. The van der Waals surface area contributed by atoms with Crippen LogP contribution in [-0.4, -0.2) is 26.0 Å². The van der Waals surface area contributed by atoms with Gasteiger partial charge < -0.3 is 9.84 Å². The molecule has 1 heterocycles. The second kappa shape index (κ2) is 8.57. The fourth-order valence-electron chi connectivity index (χ4n) is 1.96. The van der Waals surface area contributed by atoms with E-state index in [9.17, 15) is 9.00 Å². The lowest BCUT2D eigenvalue weighted by Gasteiger charge is -2.04. The van der Waals surface area contributed by atoms with Gasteiger partial charge in [0.15, 0.2) is 5.82 Å². The average Bonchev–Trinajstić information content (AvgIpc) is 2.92. The zero-order chi connectivity index (χ0) is 16.7. The number of anilines is 1. The molecule has 0 aliphatic heterocycles. The molecular weight excluding hydrogens is 314 g/mol. The SMILES string of the molecule is CC(C)Cc1noc(C[S@](=O)CCC(=O)Nc2ccccc2)n1. The fraction of sp³-hybridized carbons (Fsp3) is 0.438. The van der Waals surface area contributed by atoms with Crippen LogP contribution in [-0.2, 0) is 27.8 Å². The van der Waals surface area contributed by atoms with Crippen molar-refractivity contribution in [3.63, 3.8) is 0 Å². The number of amides is 1. The number of hydrogen-bond donors (Lipinski definition) is 1. The maximum atomic E-state index is 12.0. The van der Waals surface area contributed by atoms with Crippen LogP contribution in [0, 0.1) is 5.92 Å². The van der Waals surface area contributed by atoms with Crippen LogP contribution >= 0.6 is 0 Å². The van der Waals surface area contributed by atoms with E-state index in [0.29, 0.717) is 17.6 Å². The van der Waals surface area contributed by atoms with Gasteiger partial charge in [-0.1, -0.05) is 37.2 Å². The zero-order valence-electron chi connectivity index (χ0n) is 13.3. The Hall–Kier alpha value is -2.02. The van der Waals surface area contributed by atoms with Crippen molar-refractivity contribution >= 4 is 22.4 Å². The predicted molar refractivity (Wildman–Crippen MR) is 89.2 cm³/mol. The van der Waals surface area contributed by atoms with Crippen molar-refractivity contribution in [3.8, 4) is 0 Å².